The van der Waals surface area contributed by atoms with Crippen molar-refractivity contribution in [2.24, 2.45) is 13.0 Å². The van der Waals surface area contributed by atoms with Crippen molar-refractivity contribution in [3.05, 3.63) is 40.2 Å². The second-order valence-corrected chi connectivity index (χ2v) is 5.63. The van der Waals surface area contributed by atoms with Gasteiger partial charge in [0.2, 0.25) is 0 Å². The van der Waals surface area contributed by atoms with Gasteiger partial charge in [-0.2, -0.15) is 0 Å². The number of carbonyl (C=O) groups excluding carboxylic acids is 1. The SMILES string of the molecule is CCOC(=O)c1c(NCC(C)C)c2ccccc2n(C)c1=O. The third-order valence-corrected chi connectivity index (χ3v) is 3.47. The highest BCUT2D eigenvalue weighted by Gasteiger charge is 2.22. The molecule has 0 aliphatic heterocycles. The Labute approximate surface area is 129 Å². The first kappa shape index (κ1) is 16.1. The number of rotatable bonds is 5. The molecule has 0 aliphatic carbocycles. The summed E-state index contributed by atoms with van der Waals surface area (Å²) in [6.07, 6.45) is 0. The van der Waals surface area contributed by atoms with Crippen molar-refractivity contribution in [2.45, 2.75) is 20.8 Å². The van der Waals surface area contributed by atoms with Crippen molar-refractivity contribution in [1.29, 1.82) is 0 Å². The van der Waals surface area contributed by atoms with Gasteiger partial charge in [0.25, 0.3) is 5.56 Å². The number of ether oxygens (including phenoxy) is 1. The Morgan fingerprint density at radius 1 is 1.32 bits per heavy atom. The number of hydrogen-bond acceptors (Lipinski definition) is 4. The average molecular weight is 302 g/mol. The molecule has 5 nitrogen and oxygen atoms in total. The third-order valence-electron chi connectivity index (χ3n) is 3.47. The zero-order chi connectivity index (χ0) is 16.3. The number of hydrogen-bond donors (Lipinski definition) is 1. The molecular weight excluding hydrogens is 280 g/mol. The van der Waals surface area contributed by atoms with Gasteiger partial charge in [-0.1, -0.05) is 32.0 Å². The molecule has 0 bridgehead atoms. The van der Waals surface area contributed by atoms with E-state index in [1.165, 1.54) is 4.57 Å². The van der Waals surface area contributed by atoms with Gasteiger partial charge in [-0.05, 0) is 18.9 Å². The molecule has 5 heteroatoms. The topological polar surface area (TPSA) is 60.3 Å². The number of anilines is 1. The minimum absolute atomic E-state index is 0.0729. The highest BCUT2D eigenvalue weighted by molar-refractivity contribution is 6.05. The largest absolute Gasteiger partial charge is 0.462 e. The van der Waals surface area contributed by atoms with E-state index in [0.717, 1.165) is 10.9 Å². The fourth-order valence-electron chi connectivity index (χ4n) is 2.38. The maximum atomic E-state index is 12.6. The smallest absolute Gasteiger partial charge is 0.345 e. The lowest BCUT2D eigenvalue weighted by molar-refractivity contribution is 0.0525. The third kappa shape index (κ3) is 2.98. The van der Waals surface area contributed by atoms with Crippen LogP contribution in [0.15, 0.2) is 29.1 Å². The van der Waals surface area contributed by atoms with Crippen LogP contribution >= 0.6 is 0 Å². The molecule has 0 fully saturated rings. The molecule has 0 aliphatic rings. The summed E-state index contributed by atoms with van der Waals surface area (Å²) >= 11 is 0. The van der Waals surface area contributed by atoms with Crippen LogP contribution in [0.5, 0.6) is 0 Å². The number of pyridine rings is 1. The molecular formula is C17H22N2O3. The molecule has 0 atom stereocenters. The predicted octanol–water partition coefficient (Wildman–Crippen LogP) is 2.78. The Balaban J connectivity index is 2.73. The number of benzene rings is 1. The maximum Gasteiger partial charge on any atom is 0.345 e. The number of nitrogens with one attached hydrogen (secondary N) is 1. The Morgan fingerprint density at radius 2 is 2.00 bits per heavy atom. The number of carbonyl (C=O) groups is 1. The molecule has 1 N–H and O–H groups in total. The molecule has 2 aromatic rings. The number of nitrogens with zero attached hydrogens (tertiary/aromatic N) is 1. The zero-order valence-corrected chi connectivity index (χ0v) is 13.5. The Morgan fingerprint density at radius 3 is 2.64 bits per heavy atom. The van der Waals surface area contributed by atoms with E-state index in [1.807, 2.05) is 24.3 Å². The van der Waals surface area contributed by atoms with E-state index < -0.39 is 5.97 Å². The summed E-state index contributed by atoms with van der Waals surface area (Å²) in [5.74, 6) is -0.196. The first-order valence-corrected chi connectivity index (χ1v) is 7.50. The zero-order valence-electron chi connectivity index (χ0n) is 13.5. The van der Waals surface area contributed by atoms with Crippen molar-refractivity contribution >= 4 is 22.6 Å². The fraction of sp³-hybridized carbons (Fsp3) is 0.412. The second-order valence-electron chi connectivity index (χ2n) is 5.63. The van der Waals surface area contributed by atoms with Crippen molar-refractivity contribution in [3.8, 4) is 0 Å². The summed E-state index contributed by atoms with van der Waals surface area (Å²) in [7, 11) is 1.67. The van der Waals surface area contributed by atoms with Crippen molar-refractivity contribution in [2.75, 3.05) is 18.5 Å². The number of para-hydroxylation sites is 1. The van der Waals surface area contributed by atoms with Crippen molar-refractivity contribution in [3.63, 3.8) is 0 Å². The average Bonchev–Trinajstić information content (AvgIpc) is 2.49. The first-order chi connectivity index (χ1) is 10.5. The van der Waals surface area contributed by atoms with Gasteiger partial charge in [0.15, 0.2) is 0 Å². The lowest BCUT2D eigenvalue weighted by atomic mass is 10.1. The Hall–Kier alpha value is -2.30. The summed E-state index contributed by atoms with van der Waals surface area (Å²) in [5, 5.41) is 4.09. The lowest BCUT2D eigenvalue weighted by Gasteiger charge is -2.17. The van der Waals surface area contributed by atoms with E-state index in [2.05, 4.69) is 19.2 Å². The molecule has 0 saturated heterocycles. The van der Waals surface area contributed by atoms with Gasteiger partial charge >= 0.3 is 5.97 Å². The molecule has 1 aromatic heterocycles. The second kappa shape index (κ2) is 6.64. The summed E-state index contributed by atoms with van der Waals surface area (Å²) < 4.78 is 6.56. The van der Waals surface area contributed by atoms with E-state index in [-0.39, 0.29) is 17.7 Å². The highest BCUT2D eigenvalue weighted by Crippen LogP contribution is 2.25. The summed E-state index contributed by atoms with van der Waals surface area (Å²) in [4.78, 5) is 24.8. The summed E-state index contributed by atoms with van der Waals surface area (Å²) in [6, 6.07) is 7.53. The highest BCUT2D eigenvalue weighted by atomic mass is 16.5. The number of aromatic nitrogens is 1. The molecule has 2 rings (SSSR count). The van der Waals surface area contributed by atoms with Crippen LogP contribution in [-0.2, 0) is 11.8 Å². The molecule has 0 saturated carbocycles. The molecule has 1 heterocycles. The van der Waals surface area contributed by atoms with E-state index in [1.54, 1.807) is 14.0 Å². The standard InChI is InChI=1S/C17H22N2O3/c1-5-22-17(21)14-15(18-10-11(2)3)12-8-6-7-9-13(12)19(4)16(14)20/h6-9,11,18H,5,10H2,1-4H3. The first-order valence-electron chi connectivity index (χ1n) is 7.50. The number of fused-ring (bicyclic) bond motifs is 1. The lowest BCUT2D eigenvalue weighted by Crippen LogP contribution is -2.28. The van der Waals surface area contributed by atoms with Crippen LogP contribution in [0.4, 0.5) is 5.69 Å². The van der Waals surface area contributed by atoms with Crippen LogP contribution in [0.3, 0.4) is 0 Å². The van der Waals surface area contributed by atoms with Gasteiger partial charge < -0.3 is 14.6 Å². The predicted molar refractivity (Wildman–Crippen MR) is 88.5 cm³/mol. The molecule has 0 spiro atoms. The minimum Gasteiger partial charge on any atom is -0.462 e. The van der Waals surface area contributed by atoms with Crippen LogP contribution in [-0.4, -0.2) is 23.7 Å². The van der Waals surface area contributed by atoms with E-state index in [4.69, 9.17) is 4.74 Å². The van der Waals surface area contributed by atoms with Gasteiger partial charge in [0, 0.05) is 19.0 Å². The van der Waals surface area contributed by atoms with Crippen LogP contribution in [0.1, 0.15) is 31.1 Å². The minimum atomic E-state index is -0.583. The van der Waals surface area contributed by atoms with Crippen LogP contribution in [0.25, 0.3) is 10.9 Å². The molecule has 0 radical (unpaired) electrons. The monoisotopic (exact) mass is 302 g/mol. The van der Waals surface area contributed by atoms with Gasteiger partial charge in [0.05, 0.1) is 17.8 Å². The van der Waals surface area contributed by atoms with E-state index >= 15 is 0 Å². The molecule has 1 aromatic carbocycles. The molecule has 118 valence electrons. The quantitative estimate of drug-likeness (QED) is 0.863. The van der Waals surface area contributed by atoms with Crippen LogP contribution in [0, 0.1) is 5.92 Å². The van der Waals surface area contributed by atoms with Gasteiger partial charge in [-0.3, -0.25) is 4.79 Å². The Bertz CT molecular complexity index is 747. The molecule has 0 amide bonds. The van der Waals surface area contributed by atoms with Gasteiger partial charge in [0.1, 0.15) is 5.56 Å². The Kier molecular flexibility index (Phi) is 4.85. The van der Waals surface area contributed by atoms with Gasteiger partial charge in [-0.25, -0.2) is 4.79 Å². The van der Waals surface area contributed by atoms with E-state index in [9.17, 15) is 9.59 Å². The van der Waals surface area contributed by atoms with Crippen LogP contribution in [0.2, 0.25) is 0 Å². The molecule has 22 heavy (non-hydrogen) atoms. The molecule has 0 unspecified atom stereocenters. The van der Waals surface area contributed by atoms with Gasteiger partial charge in [-0.15, -0.1) is 0 Å². The van der Waals surface area contributed by atoms with Crippen LogP contribution < -0.4 is 10.9 Å². The number of esters is 1. The van der Waals surface area contributed by atoms with E-state index in [0.29, 0.717) is 18.2 Å². The summed E-state index contributed by atoms with van der Waals surface area (Å²) in [6.45, 7) is 6.77. The normalized spacial score (nSPS) is 11.0. The fourth-order valence-corrected chi connectivity index (χ4v) is 2.38. The van der Waals surface area contributed by atoms with Crippen molar-refractivity contribution < 1.29 is 9.53 Å². The number of aryl methyl sites for hydroxylation is 1. The maximum absolute atomic E-state index is 12.6. The summed E-state index contributed by atoms with van der Waals surface area (Å²) in [5.41, 5.74) is 1.07. The van der Waals surface area contributed by atoms with Crippen molar-refractivity contribution in [1.82, 2.24) is 4.57 Å².